The first-order valence-corrected chi connectivity index (χ1v) is 5.65. The lowest BCUT2D eigenvalue weighted by atomic mass is 9.79. The molecule has 0 aromatic carbocycles. The third-order valence-corrected chi connectivity index (χ3v) is 2.88. The monoisotopic (exact) mass is 247 g/mol. The predicted octanol–water partition coefficient (Wildman–Crippen LogP) is 0.962. The molecule has 0 bridgehead atoms. The van der Waals surface area contributed by atoms with E-state index < -0.39 is 17.3 Å². The highest BCUT2D eigenvalue weighted by atomic mass is 16.7. The van der Waals surface area contributed by atoms with E-state index >= 15 is 0 Å². The minimum absolute atomic E-state index is 0.0810. The fraction of sp³-hybridized carbons (Fsp3) is 0.818. The topological polar surface area (TPSA) is 84.9 Å². The molecule has 0 unspecified atom stereocenters. The molecule has 1 amide bonds. The summed E-state index contributed by atoms with van der Waals surface area (Å²) in [5, 5.41) is 9.14. The van der Waals surface area contributed by atoms with Crippen molar-refractivity contribution in [1.29, 1.82) is 0 Å². The van der Waals surface area contributed by atoms with E-state index in [1.54, 1.807) is 13.8 Å². The second kappa shape index (κ2) is 8.03. The summed E-state index contributed by atoms with van der Waals surface area (Å²) in [6, 6.07) is 0. The van der Waals surface area contributed by atoms with Crippen molar-refractivity contribution in [2.24, 2.45) is 5.41 Å². The Morgan fingerprint density at radius 3 is 2.24 bits per heavy atom. The first kappa shape index (κ1) is 15.9. The molecule has 0 saturated carbocycles. The molecule has 0 spiro atoms. The van der Waals surface area contributed by atoms with E-state index in [-0.39, 0.29) is 13.0 Å². The molecule has 0 rings (SSSR count). The van der Waals surface area contributed by atoms with Gasteiger partial charge in [-0.25, -0.2) is 5.48 Å². The molecule has 0 atom stereocenters. The van der Waals surface area contributed by atoms with Gasteiger partial charge in [-0.2, -0.15) is 0 Å². The maximum absolute atomic E-state index is 11.5. The van der Waals surface area contributed by atoms with Gasteiger partial charge < -0.3 is 9.84 Å². The zero-order valence-corrected chi connectivity index (χ0v) is 10.6. The van der Waals surface area contributed by atoms with Crippen LogP contribution in [0.2, 0.25) is 0 Å². The number of carbonyl (C=O) groups excluding carboxylic acids is 1. The van der Waals surface area contributed by atoms with Crippen molar-refractivity contribution in [2.45, 2.75) is 33.1 Å². The van der Waals surface area contributed by atoms with Crippen LogP contribution in [-0.2, 0) is 19.2 Å². The number of rotatable bonds is 9. The van der Waals surface area contributed by atoms with Crippen LogP contribution in [0, 0.1) is 5.41 Å². The molecular formula is C11H21NO5. The number of hydroxylamine groups is 1. The number of carboxylic acid groups (broad SMARTS) is 1. The molecule has 0 aromatic heterocycles. The summed E-state index contributed by atoms with van der Waals surface area (Å²) in [5.74, 6) is -1.37. The third-order valence-electron chi connectivity index (χ3n) is 2.88. The summed E-state index contributed by atoms with van der Waals surface area (Å²) >= 11 is 0. The number of methoxy groups -OCH3 is 1. The first-order chi connectivity index (χ1) is 8.02. The molecule has 0 saturated heterocycles. The Bertz CT molecular complexity index is 250. The van der Waals surface area contributed by atoms with Crippen LogP contribution in [0.1, 0.15) is 33.1 Å². The average molecular weight is 247 g/mol. The molecule has 6 heteroatoms. The molecule has 0 heterocycles. The molecule has 2 N–H and O–H groups in total. The van der Waals surface area contributed by atoms with Gasteiger partial charge in [0.15, 0.2) is 0 Å². The van der Waals surface area contributed by atoms with E-state index in [4.69, 9.17) is 14.7 Å². The average Bonchev–Trinajstić information content (AvgIpc) is 2.31. The molecule has 0 fully saturated rings. The summed E-state index contributed by atoms with van der Waals surface area (Å²) in [5.41, 5.74) is 1.21. The number of carboxylic acids is 1. The largest absolute Gasteiger partial charge is 0.481 e. The van der Waals surface area contributed by atoms with Crippen LogP contribution in [0.4, 0.5) is 0 Å². The van der Waals surface area contributed by atoms with Gasteiger partial charge in [0.05, 0.1) is 18.6 Å². The molecule has 0 aliphatic heterocycles. The van der Waals surface area contributed by atoms with E-state index in [0.717, 1.165) is 0 Å². The molecular weight excluding hydrogens is 226 g/mol. The van der Waals surface area contributed by atoms with Crippen LogP contribution in [0.5, 0.6) is 0 Å². The van der Waals surface area contributed by atoms with E-state index in [1.165, 1.54) is 7.11 Å². The fourth-order valence-electron chi connectivity index (χ4n) is 1.48. The Morgan fingerprint density at radius 2 is 1.82 bits per heavy atom. The molecule has 0 aliphatic rings. The Morgan fingerprint density at radius 1 is 1.24 bits per heavy atom. The van der Waals surface area contributed by atoms with Gasteiger partial charge >= 0.3 is 5.97 Å². The van der Waals surface area contributed by atoms with Crippen molar-refractivity contribution in [2.75, 3.05) is 20.3 Å². The number of hydrogen-bond donors (Lipinski definition) is 2. The van der Waals surface area contributed by atoms with Gasteiger partial charge in [0.25, 0.3) is 0 Å². The van der Waals surface area contributed by atoms with Gasteiger partial charge in [-0.3, -0.25) is 14.4 Å². The molecule has 0 aliphatic carbocycles. The van der Waals surface area contributed by atoms with Crippen LogP contribution >= 0.6 is 0 Å². The number of ether oxygens (including phenoxy) is 1. The summed E-state index contributed by atoms with van der Waals surface area (Å²) in [6.45, 7) is 4.12. The number of amides is 1. The van der Waals surface area contributed by atoms with Crippen LogP contribution in [0.15, 0.2) is 0 Å². The van der Waals surface area contributed by atoms with Crippen LogP contribution in [0.3, 0.4) is 0 Å². The van der Waals surface area contributed by atoms with Crippen LogP contribution in [-0.4, -0.2) is 37.3 Å². The zero-order valence-electron chi connectivity index (χ0n) is 10.6. The maximum atomic E-state index is 11.5. The number of hydrogen-bond acceptors (Lipinski definition) is 4. The zero-order chi connectivity index (χ0) is 13.3. The lowest BCUT2D eigenvalue weighted by Crippen LogP contribution is -2.37. The van der Waals surface area contributed by atoms with E-state index in [0.29, 0.717) is 19.4 Å². The van der Waals surface area contributed by atoms with Crippen molar-refractivity contribution in [3.8, 4) is 0 Å². The fourth-order valence-corrected chi connectivity index (χ4v) is 1.48. The summed E-state index contributed by atoms with van der Waals surface area (Å²) in [6.07, 6.45) is 0.733. The number of aliphatic carboxylic acids is 1. The highest BCUT2D eigenvalue weighted by molar-refractivity contribution is 5.84. The Kier molecular flexibility index (Phi) is 7.49. The quantitative estimate of drug-likeness (QED) is 0.468. The van der Waals surface area contributed by atoms with Gasteiger partial charge in [0, 0.05) is 13.5 Å². The van der Waals surface area contributed by atoms with Gasteiger partial charge in [-0.15, -0.1) is 0 Å². The van der Waals surface area contributed by atoms with Crippen molar-refractivity contribution < 1.29 is 24.3 Å². The molecule has 0 radical (unpaired) electrons. The Labute approximate surface area is 101 Å². The molecule has 100 valence electrons. The van der Waals surface area contributed by atoms with Gasteiger partial charge in [-0.1, -0.05) is 13.8 Å². The van der Waals surface area contributed by atoms with Crippen molar-refractivity contribution >= 4 is 11.9 Å². The molecule has 0 aromatic rings. The van der Waals surface area contributed by atoms with Gasteiger partial charge in [0.1, 0.15) is 0 Å². The minimum Gasteiger partial charge on any atom is -0.481 e. The predicted molar refractivity (Wildman–Crippen MR) is 61.2 cm³/mol. The van der Waals surface area contributed by atoms with Gasteiger partial charge in [0.2, 0.25) is 5.91 Å². The van der Waals surface area contributed by atoms with E-state index in [2.05, 4.69) is 5.48 Å². The number of nitrogens with one attached hydrogen (secondary N) is 1. The van der Waals surface area contributed by atoms with E-state index in [9.17, 15) is 9.59 Å². The van der Waals surface area contributed by atoms with Crippen LogP contribution in [0.25, 0.3) is 0 Å². The van der Waals surface area contributed by atoms with Crippen molar-refractivity contribution in [3.05, 3.63) is 0 Å². The van der Waals surface area contributed by atoms with Crippen molar-refractivity contribution in [3.63, 3.8) is 0 Å². The highest BCUT2D eigenvalue weighted by Crippen LogP contribution is 2.30. The SMILES string of the molecule is CCC(CC)(CC(=O)NOCCOC)C(=O)O. The lowest BCUT2D eigenvalue weighted by molar-refractivity contribution is -0.155. The number of carbonyl (C=O) groups is 2. The summed E-state index contributed by atoms with van der Waals surface area (Å²) in [7, 11) is 1.52. The first-order valence-electron chi connectivity index (χ1n) is 5.65. The van der Waals surface area contributed by atoms with Crippen LogP contribution < -0.4 is 5.48 Å². The Hall–Kier alpha value is -1.14. The van der Waals surface area contributed by atoms with Crippen molar-refractivity contribution in [1.82, 2.24) is 5.48 Å². The molecule has 6 nitrogen and oxygen atoms in total. The third kappa shape index (κ3) is 5.14. The minimum atomic E-state index is -1.01. The van der Waals surface area contributed by atoms with E-state index in [1.807, 2.05) is 0 Å². The summed E-state index contributed by atoms with van der Waals surface area (Å²) < 4.78 is 4.73. The second-order valence-corrected chi connectivity index (χ2v) is 3.84. The maximum Gasteiger partial charge on any atom is 0.310 e. The normalized spacial score (nSPS) is 11.2. The standard InChI is InChI=1S/C11H21NO5/c1-4-11(5-2,10(14)15)8-9(13)12-17-7-6-16-3/h4-8H2,1-3H3,(H,12,13)(H,14,15). The smallest absolute Gasteiger partial charge is 0.310 e. The van der Waals surface area contributed by atoms with Gasteiger partial charge in [-0.05, 0) is 12.8 Å². The second-order valence-electron chi connectivity index (χ2n) is 3.84. The highest BCUT2D eigenvalue weighted by Gasteiger charge is 2.37. The Balaban J connectivity index is 4.18. The molecule has 17 heavy (non-hydrogen) atoms. The lowest BCUT2D eigenvalue weighted by Gasteiger charge is -2.25. The summed E-state index contributed by atoms with van der Waals surface area (Å²) in [4.78, 5) is 27.5.